The van der Waals surface area contributed by atoms with Crippen molar-refractivity contribution in [2.75, 3.05) is 12.4 Å². The van der Waals surface area contributed by atoms with E-state index in [2.05, 4.69) is 5.32 Å². The highest BCUT2D eigenvalue weighted by atomic mass is 35.5. The minimum absolute atomic E-state index is 0.146. The zero-order valence-corrected chi connectivity index (χ0v) is 18.3. The smallest absolute Gasteiger partial charge is 0.163 e. The van der Waals surface area contributed by atoms with Crippen LogP contribution in [0.5, 0.6) is 11.5 Å². The van der Waals surface area contributed by atoms with Gasteiger partial charge in [0.05, 0.1) is 22.2 Å². The van der Waals surface area contributed by atoms with E-state index >= 15 is 0 Å². The average Bonchev–Trinajstić information content (AvgIpc) is 2.69. The van der Waals surface area contributed by atoms with Crippen molar-refractivity contribution in [2.24, 2.45) is 0 Å². The van der Waals surface area contributed by atoms with Crippen LogP contribution in [0.1, 0.15) is 11.1 Å². The molecule has 0 saturated heterocycles. The van der Waals surface area contributed by atoms with Gasteiger partial charge in [0.25, 0.3) is 0 Å². The van der Waals surface area contributed by atoms with E-state index in [0.717, 1.165) is 11.3 Å². The van der Waals surface area contributed by atoms with Crippen molar-refractivity contribution in [2.45, 2.75) is 13.2 Å². The molecule has 3 aromatic carbocycles. The number of nitrogens with one attached hydrogen (secondary N) is 1. The molecule has 0 spiro atoms. The Hall–Kier alpha value is -1.85. The fraction of sp³-hybridized carbons (Fsp3) is 0.143. The van der Waals surface area contributed by atoms with E-state index in [9.17, 15) is 4.39 Å². The lowest BCUT2D eigenvalue weighted by molar-refractivity contribution is 0.284. The summed E-state index contributed by atoms with van der Waals surface area (Å²) in [5, 5.41) is 4.97. The summed E-state index contributed by atoms with van der Waals surface area (Å²) < 4.78 is 24.4. The number of benzene rings is 3. The van der Waals surface area contributed by atoms with E-state index in [0.29, 0.717) is 38.7 Å². The molecular formula is C21H16Cl4FNO2. The number of rotatable bonds is 7. The van der Waals surface area contributed by atoms with Gasteiger partial charge in [-0.1, -0.05) is 52.5 Å². The molecule has 0 aliphatic rings. The average molecular weight is 475 g/mol. The topological polar surface area (TPSA) is 30.5 Å². The highest BCUT2D eigenvalue weighted by Crippen LogP contribution is 2.35. The third-order valence-electron chi connectivity index (χ3n) is 4.13. The normalized spacial score (nSPS) is 10.7. The van der Waals surface area contributed by atoms with E-state index in [4.69, 9.17) is 55.9 Å². The van der Waals surface area contributed by atoms with Gasteiger partial charge >= 0.3 is 0 Å². The maximum atomic E-state index is 13.2. The fourth-order valence-corrected chi connectivity index (χ4v) is 3.32. The molecule has 1 N–H and O–H groups in total. The molecule has 0 bridgehead atoms. The van der Waals surface area contributed by atoms with Crippen molar-refractivity contribution in [3.63, 3.8) is 0 Å². The second kappa shape index (κ2) is 9.77. The van der Waals surface area contributed by atoms with Crippen molar-refractivity contribution in [1.29, 1.82) is 0 Å². The lowest BCUT2D eigenvalue weighted by Crippen LogP contribution is -2.03. The molecule has 152 valence electrons. The third kappa shape index (κ3) is 5.61. The highest BCUT2D eigenvalue weighted by molar-refractivity contribution is 6.42. The van der Waals surface area contributed by atoms with Crippen molar-refractivity contribution in [1.82, 2.24) is 0 Å². The molecule has 0 saturated carbocycles. The van der Waals surface area contributed by atoms with Crippen molar-refractivity contribution < 1.29 is 13.9 Å². The number of methoxy groups -OCH3 is 1. The maximum Gasteiger partial charge on any atom is 0.163 e. The zero-order chi connectivity index (χ0) is 21.0. The Morgan fingerprint density at radius 3 is 2.24 bits per heavy atom. The molecule has 0 aromatic heterocycles. The van der Waals surface area contributed by atoms with Gasteiger partial charge < -0.3 is 14.8 Å². The third-order valence-corrected chi connectivity index (χ3v) is 5.58. The first-order valence-electron chi connectivity index (χ1n) is 8.49. The Bertz CT molecular complexity index is 1030. The van der Waals surface area contributed by atoms with Gasteiger partial charge in [-0.2, -0.15) is 0 Å². The number of hydrogen-bond acceptors (Lipinski definition) is 3. The minimum atomic E-state index is -0.404. The molecule has 3 nitrogen and oxygen atoms in total. The van der Waals surface area contributed by atoms with E-state index in [1.165, 1.54) is 19.2 Å². The van der Waals surface area contributed by atoms with Crippen LogP contribution in [0.4, 0.5) is 10.1 Å². The van der Waals surface area contributed by atoms with Gasteiger partial charge in [0.1, 0.15) is 12.4 Å². The van der Waals surface area contributed by atoms with E-state index in [1.54, 1.807) is 30.3 Å². The van der Waals surface area contributed by atoms with Gasteiger partial charge in [-0.25, -0.2) is 4.39 Å². The first kappa shape index (κ1) is 21.8. The molecule has 0 unspecified atom stereocenters. The summed E-state index contributed by atoms with van der Waals surface area (Å²) in [6.07, 6.45) is 0. The zero-order valence-electron chi connectivity index (χ0n) is 15.2. The maximum absolute atomic E-state index is 13.2. The Kier molecular flexibility index (Phi) is 7.36. The van der Waals surface area contributed by atoms with Crippen molar-refractivity contribution in [3.05, 3.63) is 85.6 Å². The summed E-state index contributed by atoms with van der Waals surface area (Å²) in [7, 11) is 1.54. The Labute approximate surface area is 188 Å². The molecule has 0 radical (unpaired) electrons. The van der Waals surface area contributed by atoms with Crippen LogP contribution < -0.4 is 14.8 Å². The molecule has 3 aromatic rings. The van der Waals surface area contributed by atoms with Crippen molar-refractivity contribution in [3.8, 4) is 11.5 Å². The number of hydrogen-bond donors (Lipinski definition) is 1. The molecule has 0 atom stereocenters. The lowest BCUT2D eigenvalue weighted by Gasteiger charge is -2.15. The molecule has 0 heterocycles. The van der Waals surface area contributed by atoms with Crippen LogP contribution in [0.3, 0.4) is 0 Å². The molecule has 0 aliphatic carbocycles. The van der Waals surface area contributed by atoms with E-state index in [1.807, 2.05) is 6.07 Å². The van der Waals surface area contributed by atoms with E-state index in [-0.39, 0.29) is 11.6 Å². The number of halogens is 5. The first-order chi connectivity index (χ1) is 13.9. The molecule has 8 heteroatoms. The van der Waals surface area contributed by atoms with Crippen LogP contribution in [0.2, 0.25) is 20.1 Å². The van der Waals surface area contributed by atoms with Crippen LogP contribution in [0, 0.1) is 5.82 Å². The summed E-state index contributed by atoms with van der Waals surface area (Å²) in [4.78, 5) is 0. The standard InChI is InChI=1S/C21H16Cl4FNO2/c1-28-20-6-13(10-27-15-4-5-16(22)19(25)8-15)18(24)9-21(20)29-11-12-2-3-14(26)7-17(12)23/h2-9,27H,10-11H2,1H3. The summed E-state index contributed by atoms with van der Waals surface area (Å²) in [5.74, 6) is 0.563. The van der Waals surface area contributed by atoms with Crippen LogP contribution in [-0.4, -0.2) is 7.11 Å². The summed E-state index contributed by atoms with van der Waals surface area (Å²) in [5.41, 5.74) is 2.26. The summed E-state index contributed by atoms with van der Waals surface area (Å²) >= 11 is 24.4. The second-order valence-corrected chi connectivity index (χ2v) is 7.73. The van der Waals surface area contributed by atoms with Crippen LogP contribution in [0.25, 0.3) is 0 Å². The summed E-state index contributed by atoms with van der Waals surface area (Å²) in [6, 6.07) is 12.9. The molecule has 0 amide bonds. The van der Waals surface area contributed by atoms with Crippen LogP contribution in [0.15, 0.2) is 48.5 Å². The Morgan fingerprint density at radius 1 is 0.793 bits per heavy atom. The second-order valence-electron chi connectivity index (χ2n) is 6.10. The van der Waals surface area contributed by atoms with Gasteiger partial charge in [0.2, 0.25) is 0 Å². The minimum Gasteiger partial charge on any atom is -0.493 e. The van der Waals surface area contributed by atoms with Gasteiger partial charge in [0, 0.05) is 28.9 Å². The molecule has 0 fully saturated rings. The highest BCUT2D eigenvalue weighted by Gasteiger charge is 2.12. The predicted octanol–water partition coefficient (Wildman–Crippen LogP) is 7.64. The molecular weight excluding hydrogens is 459 g/mol. The lowest BCUT2D eigenvalue weighted by atomic mass is 10.2. The first-order valence-corrected chi connectivity index (χ1v) is 10.0. The fourth-order valence-electron chi connectivity index (χ4n) is 2.58. The van der Waals surface area contributed by atoms with Gasteiger partial charge in [-0.3, -0.25) is 0 Å². The monoisotopic (exact) mass is 473 g/mol. The largest absolute Gasteiger partial charge is 0.493 e. The summed E-state index contributed by atoms with van der Waals surface area (Å²) in [6.45, 7) is 0.587. The SMILES string of the molecule is COc1cc(CNc2ccc(Cl)c(Cl)c2)c(Cl)cc1OCc1ccc(F)cc1Cl. The van der Waals surface area contributed by atoms with Gasteiger partial charge in [0.15, 0.2) is 11.5 Å². The van der Waals surface area contributed by atoms with Crippen molar-refractivity contribution >= 4 is 52.1 Å². The van der Waals surface area contributed by atoms with E-state index < -0.39 is 5.82 Å². The quantitative estimate of drug-likeness (QED) is 0.381. The predicted molar refractivity (Wildman–Crippen MR) is 118 cm³/mol. The molecule has 3 rings (SSSR count). The van der Waals surface area contributed by atoms with Crippen LogP contribution >= 0.6 is 46.4 Å². The van der Waals surface area contributed by atoms with Crippen LogP contribution in [-0.2, 0) is 13.2 Å². The Balaban J connectivity index is 1.73. The van der Waals surface area contributed by atoms with Gasteiger partial charge in [-0.05, 0) is 42.0 Å². The molecule has 0 aliphatic heterocycles. The molecule has 29 heavy (non-hydrogen) atoms. The Morgan fingerprint density at radius 2 is 1.55 bits per heavy atom. The number of anilines is 1. The van der Waals surface area contributed by atoms with Gasteiger partial charge in [-0.15, -0.1) is 0 Å². The number of ether oxygens (including phenoxy) is 2.